The van der Waals surface area contributed by atoms with Gasteiger partial charge in [0.05, 0.1) is 38.4 Å². The van der Waals surface area contributed by atoms with Gasteiger partial charge in [0.15, 0.2) is 11.3 Å². The molecular weight excluding hydrogens is 550 g/mol. The number of nitrogens with zero attached hydrogens (tertiary/aromatic N) is 2. The van der Waals surface area contributed by atoms with E-state index in [0.717, 1.165) is 50.0 Å². The van der Waals surface area contributed by atoms with E-state index in [1.807, 2.05) is 30.3 Å². The molecule has 5 aromatic rings. The highest BCUT2D eigenvalue weighted by Gasteiger charge is 2.24. The van der Waals surface area contributed by atoms with Crippen LogP contribution in [0.4, 0.5) is 11.6 Å². The second kappa shape index (κ2) is 11.5. The minimum atomic E-state index is -0.0502. The van der Waals surface area contributed by atoms with Gasteiger partial charge in [0.25, 0.3) is 0 Å². The molecule has 2 aromatic heterocycles. The van der Waals surface area contributed by atoms with Crippen molar-refractivity contribution in [3.8, 4) is 11.1 Å². The van der Waals surface area contributed by atoms with Crippen molar-refractivity contribution in [2.75, 3.05) is 62.8 Å². The Labute approximate surface area is 247 Å². The molecule has 0 unspecified atom stereocenters. The summed E-state index contributed by atoms with van der Waals surface area (Å²) in [7, 11) is 0. The number of fused-ring (bicyclic) bond motifs is 4. The van der Waals surface area contributed by atoms with Gasteiger partial charge < -0.3 is 24.1 Å². The number of morpholine rings is 2. The molecule has 1 amide bonds. The molecule has 0 spiro atoms. The number of rotatable bonds is 6. The number of carbonyl (C=O) groups is 1. The van der Waals surface area contributed by atoms with Crippen LogP contribution in [0, 0.1) is 0 Å². The molecule has 216 valence electrons. The number of anilines is 2. The van der Waals surface area contributed by atoms with Crippen LogP contribution < -0.4 is 15.6 Å². The fourth-order valence-corrected chi connectivity index (χ4v) is 7.27. The van der Waals surface area contributed by atoms with E-state index in [-0.39, 0.29) is 17.4 Å². The standard InChI is InChI=1S/C33H33N3O5S/c1-2-22-20-40-16-13-36(22)19-30(38)34-21-9-10-29-27(17-21)25-7-4-6-24(33(25)42-29)23-5-3-8-26-28(37)18-31(41-32(23)26)35-11-14-39-15-12-35/h3-10,17-18,22H,2,11-16,19-20H2,1H3,(H,34,38)/t22-/m0/s1. The topological polar surface area (TPSA) is 84.2 Å². The first kappa shape index (κ1) is 27.1. The average molecular weight is 584 g/mol. The van der Waals surface area contributed by atoms with Crippen molar-refractivity contribution in [1.29, 1.82) is 0 Å². The lowest BCUT2D eigenvalue weighted by molar-refractivity contribution is -0.119. The van der Waals surface area contributed by atoms with Gasteiger partial charge in [0.2, 0.25) is 5.91 Å². The van der Waals surface area contributed by atoms with Crippen LogP contribution in [0.1, 0.15) is 13.3 Å². The van der Waals surface area contributed by atoms with Crippen LogP contribution in [0.25, 0.3) is 42.3 Å². The maximum atomic E-state index is 13.2. The third-order valence-corrected chi connectivity index (χ3v) is 9.52. The van der Waals surface area contributed by atoms with Crippen molar-refractivity contribution < 1.29 is 18.7 Å². The first-order chi connectivity index (χ1) is 20.6. The van der Waals surface area contributed by atoms with E-state index in [4.69, 9.17) is 13.9 Å². The van der Waals surface area contributed by atoms with Crippen molar-refractivity contribution in [2.45, 2.75) is 19.4 Å². The zero-order valence-corrected chi connectivity index (χ0v) is 24.4. The molecule has 2 saturated heterocycles. The van der Waals surface area contributed by atoms with Gasteiger partial charge in [-0.05, 0) is 30.7 Å². The zero-order valence-electron chi connectivity index (χ0n) is 23.6. The molecule has 0 bridgehead atoms. The average Bonchev–Trinajstić information content (AvgIpc) is 3.40. The van der Waals surface area contributed by atoms with Crippen molar-refractivity contribution >= 4 is 60.0 Å². The van der Waals surface area contributed by atoms with Crippen molar-refractivity contribution in [1.82, 2.24) is 4.90 Å². The number of benzene rings is 3. The Balaban J connectivity index is 1.24. The van der Waals surface area contributed by atoms with Crippen molar-refractivity contribution in [2.24, 2.45) is 0 Å². The summed E-state index contributed by atoms with van der Waals surface area (Å²) in [5, 5.41) is 5.87. The highest BCUT2D eigenvalue weighted by Crippen LogP contribution is 2.42. The van der Waals surface area contributed by atoms with Gasteiger partial charge in [-0.2, -0.15) is 0 Å². The summed E-state index contributed by atoms with van der Waals surface area (Å²) in [5.41, 5.74) is 3.24. The highest BCUT2D eigenvalue weighted by molar-refractivity contribution is 7.26. The smallest absolute Gasteiger partial charge is 0.238 e. The lowest BCUT2D eigenvalue weighted by atomic mass is 10.0. The minimum Gasteiger partial charge on any atom is -0.440 e. The molecule has 0 aliphatic carbocycles. The summed E-state index contributed by atoms with van der Waals surface area (Å²) >= 11 is 1.71. The lowest BCUT2D eigenvalue weighted by Gasteiger charge is -2.34. The van der Waals surface area contributed by atoms with Crippen LogP contribution in [-0.2, 0) is 14.3 Å². The molecule has 0 radical (unpaired) electrons. The molecular formula is C33H33N3O5S. The summed E-state index contributed by atoms with van der Waals surface area (Å²) in [6, 6.07) is 20.0. The molecule has 0 saturated carbocycles. The highest BCUT2D eigenvalue weighted by atomic mass is 32.1. The summed E-state index contributed by atoms with van der Waals surface area (Å²) in [6.45, 7) is 7.18. The second-order valence-corrected chi connectivity index (χ2v) is 11.9. The molecule has 3 aromatic carbocycles. The molecule has 9 heteroatoms. The predicted octanol–water partition coefficient (Wildman–Crippen LogP) is 5.71. The van der Waals surface area contributed by atoms with E-state index in [9.17, 15) is 9.59 Å². The van der Waals surface area contributed by atoms with E-state index in [2.05, 4.69) is 46.3 Å². The quantitative estimate of drug-likeness (QED) is 0.274. The Morgan fingerprint density at radius 2 is 1.71 bits per heavy atom. The molecule has 2 aliphatic heterocycles. The number of hydrogen-bond acceptors (Lipinski definition) is 8. The van der Waals surface area contributed by atoms with E-state index >= 15 is 0 Å². The number of ether oxygens (including phenoxy) is 2. The first-order valence-corrected chi connectivity index (χ1v) is 15.4. The Morgan fingerprint density at radius 1 is 0.929 bits per heavy atom. The maximum Gasteiger partial charge on any atom is 0.238 e. The fourth-order valence-electron chi connectivity index (χ4n) is 6.06. The summed E-state index contributed by atoms with van der Waals surface area (Å²) < 4.78 is 19.8. The van der Waals surface area contributed by atoms with E-state index in [0.29, 0.717) is 62.9 Å². The predicted molar refractivity (Wildman–Crippen MR) is 169 cm³/mol. The Morgan fingerprint density at radius 3 is 2.55 bits per heavy atom. The number of hydrogen-bond donors (Lipinski definition) is 1. The van der Waals surface area contributed by atoms with Crippen molar-refractivity contribution in [3.05, 3.63) is 70.9 Å². The van der Waals surface area contributed by atoms with Gasteiger partial charge in [0, 0.05) is 68.7 Å². The van der Waals surface area contributed by atoms with Crippen LogP contribution in [-0.4, -0.2) is 69.5 Å². The Hall–Kier alpha value is -3.76. The number of nitrogens with one attached hydrogen (secondary N) is 1. The van der Waals surface area contributed by atoms with E-state index < -0.39 is 0 Å². The van der Waals surface area contributed by atoms with Gasteiger partial charge in [-0.3, -0.25) is 14.5 Å². The molecule has 42 heavy (non-hydrogen) atoms. The third kappa shape index (κ3) is 5.07. The Bertz CT molecular complexity index is 1840. The lowest BCUT2D eigenvalue weighted by Crippen LogP contribution is -2.48. The van der Waals surface area contributed by atoms with Gasteiger partial charge in [-0.25, -0.2) is 0 Å². The van der Waals surface area contributed by atoms with Gasteiger partial charge >= 0.3 is 0 Å². The van der Waals surface area contributed by atoms with Crippen LogP contribution in [0.3, 0.4) is 0 Å². The summed E-state index contributed by atoms with van der Waals surface area (Å²) in [5.74, 6) is 0.561. The minimum absolute atomic E-state index is 0.0169. The van der Waals surface area contributed by atoms with Crippen LogP contribution in [0.2, 0.25) is 0 Å². The number of para-hydroxylation sites is 1. The molecule has 7 rings (SSSR count). The molecule has 4 heterocycles. The van der Waals surface area contributed by atoms with Gasteiger partial charge in [-0.1, -0.05) is 37.3 Å². The zero-order chi connectivity index (χ0) is 28.6. The van der Waals surface area contributed by atoms with Crippen LogP contribution in [0.15, 0.2) is 69.9 Å². The number of amides is 1. The van der Waals surface area contributed by atoms with Crippen LogP contribution in [0.5, 0.6) is 0 Å². The number of carbonyl (C=O) groups excluding carboxylic acids is 1. The molecule has 1 N–H and O–H groups in total. The summed E-state index contributed by atoms with van der Waals surface area (Å²) in [4.78, 5) is 30.4. The fraction of sp³-hybridized carbons (Fsp3) is 0.333. The van der Waals surface area contributed by atoms with Crippen LogP contribution >= 0.6 is 11.3 Å². The molecule has 2 fully saturated rings. The maximum absolute atomic E-state index is 13.2. The SMILES string of the molecule is CC[C@H]1COCCN1CC(=O)Nc1ccc2sc3c(-c4cccc5c(=O)cc(N6CCOCC6)oc45)cccc3c2c1. The van der Waals surface area contributed by atoms with E-state index in [1.54, 1.807) is 17.4 Å². The molecule has 1 atom stereocenters. The number of thiophene rings is 1. The second-order valence-electron chi connectivity index (χ2n) is 10.9. The normalized spacial score (nSPS) is 18.2. The monoisotopic (exact) mass is 583 g/mol. The van der Waals surface area contributed by atoms with Gasteiger partial charge in [-0.15, -0.1) is 11.3 Å². The largest absolute Gasteiger partial charge is 0.440 e. The van der Waals surface area contributed by atoms with Gasteiger partial charge in [0.1, 0.15) is 5.58 Å². The van der Waals surface area contributed by atoms with Crippen molar-refractivity contribution in [3.63, 3.8) is 0 Å². The first-order valence-electron chi connectivity index (χ1n) is 14.6. The van der Waals surface area contributed by atoms with E-state index in [1.165, 1.54) is 0 Å². The molecule has 2 aliphatic rings. The third-order valence-electron chi connectivity index (χ3n) is 8.30. The Kier molecular flexibility index (Phi) is 7.41. The molecule has 8 nitrogen and oxygen atoms in total. The summed E-state index contributed by atoms with van der Waals surface area (Å²) in [6.07, 6.45) is 0.955.